The van der Waals surface area contributed by atoms with Crippen LogP contribution in [0.5, 0.6) is 5.75 Å². The van der Waals surface area contributed by atoms with Gasteiger partial charge in [-0.2, -0.15) is 0 Å². The van der Waals surface area contributed by atoms with E-state index < -0.39 is 5.97 Å². The molecule has 2 aliphatic rings. The molecule has 4 heteroatoms. The van der Waals surface area contributed by atoms with Gasteiger partial charge in [0, 0.05) is 13.0 Å². The normalized spacial score (nSPS) is 26.9. The summed E-state index contributed by atoms with van der Waals surface area (Å²) < 4.78 is 5.86. The lowest BCUT2D eigenvalue weighted by atomic mass is 10.1. The minimum absolute atomic E-state index is 0.0994. The first kappa shape index (κ1) is 11.5. The Morgan fingerprint density at radius 1 is 1.44 bits per heavy atom. The highest BCUT2D eigenvalue weighted by Gasteiger charge is 2.34. The summed E-state index contributed by atoms with van der Waals surface area (Å²) >= 11 is 0. The highest BCUT2D eigenvalue weighted by molar-refractivity contribution is 5.73. The van der Waals surface area contributed by atoms with Crippen LogP contribution in [0.1, 0.15) is 18.4 Å². The van der Waals surface area contributed by atoms with Crippen molar-refractivity contribution in [1.82, 2.24) is 4.90 Å². The molecule has 0 aliphatic carbocycles. The number of likely N-dealkylation sites (tertiary alicyclic amines) is 1. The molecule has 1 aromatic carbocycles. The second-order valence-corrected chi connectivity index (χ2v) is 5.04. The first-order valence-corrected chi connectivity index (χ1v) is 6.45. The Balaban J connectivity index is 1.64. The molecule has 1 fully saturated rings. The number of nitrogens with zero attached hydrogens (tertiary/aromatic N) is 1. The van der Waals surface area contributed by atoms with E-state index in [9.17, 15) is 4.79 Å². The van der Waals surface area contributed by atoms with E-state index in [0.29, 0.717) is 6.54 Å². The first-order chi connectivity index (χ1) is 8.74. The molecule has 1 saturated heterocycles. The molecular weight excluding hydrogens is 230 g/mol. The molecule has 0 aromatic heterocycles. The van der Waals surface area contributed by atoms with Gasteiger partial charge in [0.25, 0.3) is 0 Å². The number of carbonyl (C=O) groups is 1. The predicted molar refractivity (Wildman–Crippen MR) is 66.8 cm³/mol. The second kappa shape index (κ2) is 4.61. The van der Waals surface area contributed by atoms with E-state index in [2.05, 4.69) is 6.07 Å². The number of carboxylic acids is 1. The van der Waals surface area contributed by atoms with E-state index in [1.54, 1.807) is 0 Å². The van der Waals surface area contributed by atoms with Gasteiger partial charge in [-0.05, 0) is 31.0 Å². The number of hydrogen-bond donors (Lipinski definition) is 1. The Morgan fingerprint density at radius 3 is 3.06 bits per heavy atom. The summed E-state index contributed by atoms with van der Waals surface area (Å²) in [6.45, 7) is 1.58. The molecule has 0 spiro atoms. The van der Waals surface area contributed by atoms with Crippen molar-refractivity contribution >= 4 is 5.97 Å². The van der Waals surface area contributed by atoms with Gasteiger partial charge in [-0.25, -0.2) is 0 Å². The molecule has 96 valence electrons. The molecule has 2 atom stereocenters. The van der Waals surface area contributed by atoms with Crippen molar-refractivity contribution in [2.24, 2.45) is 0 Å². The van der Waals surface area contributed by atoms with Crippen molar-refractivity contribution in [3.05, 3.63) is 29.8 Å². The lowest BCUT2D eigenvalue weighted by Crippen LogP contribution is -2.41. The van der Waals surface area contributed by atoms with Crippen LogP contribution >= 0.6 is 0 Å². The number of ether oxygens (including phenoxy) is 1. The number of para-hydroxylation sites is 1. The lowest BCUT2D eigenvalue weighted by molar-refractivity contribution is -0.142. The summed E-state index contributed by atoms with van der Waals surface area (Å²) in [4.78, 5) is 13.2. The van der Waals surface area contributed by atoms with Crippen molar-refractivity contribution < 1.29 is 14.6 Å². The Labute approximate surface area is 106 Å². The van der Waals surface area contributed by atoms with Crippen LogP contribution in [-0.4, -0.2) is 41.2 Å². The van der Waals surface area contributed by atoms with Gasteiger partial charge < -0.3 is 9.84 Å². The van der Waals surface area contributed by atoms with Gasteiger partial charge in [0.1, 0.15) is 17.9 Å². The predicted octanol–water partition coefficient (Wildman–Crippen LogP) is 1.54. The maximum atomic E-state index is 11.1. The third kappa shape index (κ3) is 2.08. The summed E-state index contributed by atoms with van der Waals surface area (Å²) in [5.41, 5.74) is 1.23. The molecule has 18 heavy (non-hydrogen) atoms. The fraction of sp³-hybridized carbons (Fsp3) is 0.500. The zero-order valence-electron chi connectivity index (χ0n) is 10.2. The van der Waals surface area contributed by atoms with Gasteiger partial charge in [-0.15, -0.1) is 0 Å². The molecule has 0 radical (unpaired) electrons. The van der Waals surface area contributed by atoms with E-state index in [4.69, 9.17) is 9.84 Å². The van der Waals surface area contributed by atoms with Gasteiger partial charge in [0.2, 0.25) is 0 Å². The van der Waals surface area contributed by atoms with E-state index in [-0.39, 0.29) is 12.1 Å². The minimum Gasteiger partial charge on any atom is -0.488 e. The molecule has 1 unspecified atom stereocenters. The van der Waals surface area contributed by atoms with Gasteiger partial charge >= 0.3 is 5.97 Å². The van der Waals surface area contributed by atoms with Gasteiger partial charge in [0.05, 0.1) is 0 Å². The molecule has 1 N–H and O–H groups in total. The van der Waals surface area contributed by atoms with Crippen molar-refractivity contribution in [2.75, 3.05) is 13.1 Å². The molecular formula is C14H17NO3. The molecule has 0 amide bonds. The monoisotopic (exact) mass is 247 g/mol. The Kier molecular flexibility index (Phi) is 2.96. The number of benzene rings is 1. The van der Waals surface area contributed by atoms with Gasteiger partial charge in [0.15, 0.2) is 0 Å². The van der Waals surface area contributed by atoms with Crippen LogP contribution in [0.4, 0.5) is 0 Å². The fourth-order valence-electron chi connectivity index (χ4n) is 2.94. The van der Waals surface area contributed by atoms with Gasteiger partial charge in [-0.1, -0.05) is 18.2 Å². The van der Waals surface area contributed by atoms with Crippen LogP contribution in [0.25, 0.3) is 0 Å². The Morgan fingerprint density at radius 2 is 2.28 bits per heavy atom. The molecule has 2 heterocycles. The standard InChI is InChI=1S/C14H17NO3/c16-14(17)12-5-3-7-15(12)9-11-8-10-4-1-2-6-13(10)18-11/h1-2,4,6,11-12H,3,5,7-9H2,(H,16,17)/t11?,12-/m0/s1. The van der Waals surface area contributed by atoms with E-state index in [1.807, 2.05) is 23.1 Å². The van der Waals surface area contributed by atoms with Crippen LogP contribution in [0.3, 0.4) is 0 Å². The maximum Gasteiger partial charge on any atom is 0.320 e. The van der Waals surface area contributed by atoms with Crippen molar-refractivity contribution in [3.63, 3.8) is 0 Å². The van der Waals surface area contributed by atoms with Gasteiger partial charge in [-0.3, -0.25) is 9.69 Å². The largest absolute Gasteiger partial charge is 0.488 e. The topological polar surface area (TPSA) is 49.8 Å². The van der Waals surface area contributed by atoms with E-state index in [1.165, 1.54) is 5.56 Å². The molecule has 4 nitrogen and oxygen atoms in total. The maximum absolute atomic E-state index is 11.1. The average Bonchev–Trinajstić information content (AvgIpc) is 2.94. The SMILES string of the molecule is O=C(O)[C@@H]1CCCN1CC1Cc2ccccc2O1. The van der Waals surface area contributed by atoms with Crippen LogP contribution in [0, 0.1) is 0 Å². The highest BCUT2D eigenvalue weighted by Crippen LogP contribution is 2.29. The van der Waals surface area contributed by atoms with Crippen molar-refractivity contribution in [1.29, 1.82) is 0 Å². The molecule has 2 aliphatic heterocycles. The van der Waals surface area contributed by atoms with E-state index in [0.717, 1.165) is 31.6 Å². The van der Waals surface area contributed by atoms with Crippen LogP contribution < -0.4 is 4.74 Å². The third-order valence-electron chi connectivity index (χ3n) is 3.80. The summed E-state index contributed by atoms with van der Waals surface area (Å²) in [5, 5.41) is 9.15. The van der Waals surface area contributed by atoms with Crippen LogP contribution in [-0.2, 0) is 11.2 Å². The molecule has 0 bridgehead atoms. The smallest absolute Gasteiger partial charge is 0.320 e. The fourth-order valence-corrected chi connectivity index (χ4v) is 2.94. The summed E-state index contributed by atoms with van der Waals surface area (Å²) in [7, 11) is 0. The summed E-state index contributed by atoms with van der Waals surface area (Å²) in [6, 6.07) is 7.72. The second-order valence-electron chi connectivity index (χ2n) is 5.04. The number of carboxylic acid groups (broad SMARTS) is 1. The number of fused-ring (bicyclic) bond motifs is 1. The summed E-state index contributed by atoms with van der Waals surface area (Å²) in [5.74, 6) is 0.247. The Hall–Kier alpha value is -1.55. The molecule has 0 saturated carbocycles. The van der Waals surface area contributed by atoms with Crippen molar-refractivity contribution in [2.45, 2.75) is 31.4 Å². The minimum atomic E-state index is -0.706. The third-order valence-corrected chi connectivity index (χ3v) is 3.80. The number of rotatable bonds is 3. The number of hydrogen-bond acceptors (Lipinski definition) is 3. The quantitative estimate of drug-likeness (QED) is 0.880. The van der Waals surface area contributed by atoms with Crippen LogP contribution in [0.15, 0.2) is 24.3 Å². The average molecular weight is 247 g/mol. The Bertz CT molecular complexity index is 435. The van der Waals surface area contributed by atoms with E-state index >= 15 is 0 Å². The number of aliphatic carboxylic acids is 1. The van der Waals surface area contributed by atoms with Crippen LogP contribution in [0.2, 0.25) is 0 Å². The zero-order chi connectivity index (χ0) is 12.5. The first-order valence-electron chi connectivity index (χ1n) is 6.45. The summed E-state index contributed by atoms with van der Waals surface area (Å²) in [6.07, 6.45) is 2.72. The zero-order valence-corrected chi connectivity index (χ0v) is 10.2. The molecule has 1 aromatic rings. The van der Waals surface area contributed by atoms with Crippen molar-refractivity contribution in [3.8, 4) is 5.75 Å². The lowest BCUT2D eigenvalue weighted by Gasteiger charge is -2.24. The molecule has 3 rings (SSSR count). The highest BCUT2D eigenvalue weighted by atomic mass is 16.5.